The highest BCUT2D eigenvalue weighted by Crippen LogP contribution is 2.11. The predicted octanol–water partition coefficient (Wildman–Crippen LogP) is 1.68. The lowest BCUT2D eigenvalue weighted by molar-refractivity contribution is 0.953. The number of alkyl halides is 1. The summed E-state index contributed by atoms with van der Waals surface area (Å²) in [6.07, 6.45) is 1.57. The number of aromatic nitrogens is 2. The maximum atomic E-state index is 8.51. The molecule has 1 heterocycles. The monoisotopic (exact) mass is 199 g/mol. The molecule has 0 saturated carbocycles. The summed E-state index contributed by atoms with van der Waals surface area (Å²) in [5, 5.41) is 9.12. The number of halogens is 1. The van der Waals surface area contributed by atoms with Crippen molar-refractivity contribution in [2.45, 2.75) is 5.16 Å². The Morgan fingerprint density at radius 1 is 1.67 bits per heavy atom. The van der Waals surface area contributed by atoms with Crippen molar-refractivity contribution in [1.29, 1.82) is 5.26 Å². The molecule has 0 unspecified atom stereocenters. The van der Waals surface area contributed by atoms with Gasteiger partial charge < -0.3 is 0 Å². The van der Waals surface area contributed by atoms with Crippen LogP contribution in [0.5, 0.6) is 0 Å². The molecule has 62 valence electrons. The number of hydrogen-bond acceptors (Lipinski definition) is 4. The van der Waals surface area contributed by atoms with Crippen molar-refractivity contribution in [3.8, 4) is 6.07 Å². The van der Waals surface area contributed by atoms with Crippen molar-refractivity contribution < 1.29 is 0 Å². The van der Waals surface area contributed by atoms with E-state index in [-0.39, 0.29) is 0 Å². The van der Waals surface area contributed by atoms with E-state index in [1.54, 1.807) is 12.3 Å². The number of thioether (sulfide) groups is 1. The summed E-state index contributed by atoms with van der Waals surface area (Å²) in [5.41, 5.74) is 0.391. The molecule has 0 radical (unpaired) electrons. The van der Waals surface area contributed by atoms with Gasteiger partial charge >= 0.3 is 0 Å². The topological polar surface area (TPSA) is 49.6 Å². The van der Waals surface area contributed by atoms with Crippen molar-refractivity contribution in [2.75, 3.05) is 11.6 Å². The van der Waals surface area contributed by atoms with Crippen LogP contribution in [0.3, 0.4) is 0 Å². The van der Waals surface area contributed by atoms with E-state index < -0.39 is 0 Å². The second-order valence-corrected chi connectivity index (χ2v) is 3.31. The summed E-state index contributed by atoms with van der Waals surface area (Å²) in [5.74, 6) is 1.32. The quantitative estimate of drug-likeness (QED) is 0.422. The first-order valence-electron chi connectivity index (χ1n) is 3.28. The molecule has 0 fully saturated rings. The van der Waals surface area contributed by atoms with Crippen LogP contribution in [0.4, 0.5) is 0 Å². The Labute approximate surface area is 79.8 Å². The van der Waals surface area contributed by atoms with Crippen LogP contribution in [0.15, 0.2) is 17.4 Å². The van der Waals surface area contributed by atoms with Gasteiger partial charge in [0.05, 0.1) is 0 Å². The first-order chi connectivity index (χ1) is 5.86. The van der Waals surface area contributed by atoms with E-state index in [9.17, 15) is 0 Å². The van der Waals surface area contributed by atoms with Crippen LogP contribution in [-0.2, 0) is 0 Å². The van der Waals surface area contributed by atoms with Crippen LogP contribution < -0.4 is 0 Å². The standard InChI is InChI=1S/C7H6ClN3S/c8-2-4-12-7-10-3-1-6(5-9)11-7/h1,3H,2,4H2. The van der Waals surface area contributed by atoms with Gasteiger partial charge in [-0.05, 0) is 6.07 Å². The highest BCUT2D eigenvalue weighted by molar-refractivity contribution is 7.99. The number of rotatable bonds is 3. The summed E-state index contributed by atoms with van der Waals surface area (Å²) in [4.78, 5) is 7.93. The molecule has 5 heteroatoms. The van der Waals surface area contributed by atoms with Gasteiger partial charge in [-0.25, -0.2) is 9.97 Å². The molecule has 0 N–H and O–H groups in total. The Hall–Kier alpha value is -0.790. The van der Waals surface area contributed by atoms with E-state index in [0.717, 1.165) is 5.75 Å². The Balaban J connectivity index is 2.68. The molecule has 0 atom stereocenters. The van der Waals surface area contributed by atoms with Crippen LogP contribution in [-0.4, -0.2) is 21.6 Å². The van der Waals surface area contributed by atoms with Crippen LogP contribution in [0, 0.1) is 11.3 Å². The van der Waals surface area contributed by atoms with Gasteiger partial charge in [0.25, 0.3) is 0 Å². The Morgan fingerprint density at radius 2 is 2.50 bits per heavy atom. The van der Waals surface area contributed by atoms with Crippen LogP contribution in [0.2, 0.25) is 0 Å². The lowest BCUT2D eigenvalue weighted by Crippen LogP contribution is -1.90. The van der Waals surface area contributed by atoms with E-state index in [1.165, 1.54) is 11.8 Å². The zero-order chi connectivity index (χ0) is 8.81. The van der Waals surface area contributed by atoms with E-state index in [2.05, 4.69) is 9.97 Å². The molecule has 3 nitrogen and oxygen atoms in total. The van der Waals surface area contributed by atoms with Crippen molar-refractivity contribution in [3.63, 3.8) is 0 Å². The molecule has 0 amide bonds. The van der Waals surface area contributed by atoms with Crippen molar-refractivity contribution >= 4 is 23.4 Å². The molecule has 1 aromatic heterocycles. The van der Waals surface area contributed by atoms with Gasteiger partial charge in [0.1, 0.15) is 11.8 Å². The largest absolute Gasteiger partial charge is 0.231 e. The van der Waals surface area contributed by atoms with Gasteiger partial charge in [-0.15, -0.1) is 11.6 Å². The maximum absolute atomic E-state index is 8.51. The fourth-order valence-electron chi connectivity index (χ4n) is 0.602. The molecule has 0 spiro atoms. The molecule has 0 aliphatic rings. The Kier molecular flexibility index (Phi) is 3.85. The summed E-state index contributed by atoms with van der Waals surface area (Å²) in [6.45, 7) is 0. The minimum Gasteiger partial charge on any atom is -0.231 e. The van der Waals surface area contributed by atoms with Gasteiger partial charge in [0, 0.05) is 17.8 Å². The van der Waals surface area contributed by atoms with Gasteiger partial charge in [-0.1, -0.05) is 11.8 Å². The molecular formula is C7H6ClN3S. The molecule has 12 heavy (non-hydrogen) atoms. The average molecular weight is 200 g/mol. The van der Waals surface area contributed by atoms with Crippen LogP contribution >= 0.6 is 23.4 Å². The summed E-state index contributed by atoms with van der Waals surface area (Å²) < 4.78 is 0. The molecule has 0 aromatic carbocycles. The normalized spacial score (nSPS) is 9.33. The molecule has 1 rings (SSSR count). The lowest BCUT2D eigenvalue weighted by Gasteiger charge is -1.95. The highest BCUT2D eigenvalue weighted by Gasteiger charge is 1.97. The van der Waals surface area contributed by atoms with Crippen LogP contribution in [0.1, 0.15) is 5.69 Å². The third-order valence-electron chi connectivity index (χ3n) is 1.06. The zero-order valence-corrected chi connectivity index (χ0v) is 7.77. The summed E-state index contributed by atoms with van der Waals surface area (Å²) in [7, 11) is 0. The molecule has 0 aliphatic heterocycles. The number of nitrogens with zero attached hydrogens (tertiary/aromatic N) is 3. The first-order valence-corrected chi connectivity index (χ1v) is 4.80. The third kappa shape index (κ3) is 2.68. The van der Waals surface area contributed by atoms with Crippen molar-refractivity contribution in [2.24, 2.45) is 0 Å². The van der Waals surface area contributed by atoms with Crippen molar-refractivity contribution in [3.05, 3.63) is 18.0 Å². The predicted molar refractivity (Wildman–Crippen MR) is 48.2 cm³/mol. The van der Waals surface area contributed by atoms with E-state index in [4.69, 9.17) is 16.9 Å². The van der Waals surface area contributed by atoms with Crippen LogP contribution in [0.25, 0.3) is 0 Å². The fraction of sp³-hybridized carbons (Fsp3) is 0.286. The molecule has 0 saturated heterocycles. The van der Waals surface area contributed by atoms with E-state index >= 15 is 0 Å². The van der Waals surface area contributed by atoms with E-state index in [1.807, 2.05) is 6.07 Å². The fourth-order valence-corrected chi connectivity index (χ4v) is 1.39. The minimum absolute atomic E-state index is 0.391. The Morgan fingerprint density at radius 3 is 3.17 bits per heavy atom. The zero-order valence-electron chi connectivity index (χ0n) is 6.20. The Bertz CT molecular complexity index is 297. The molecule has 1 aromatic rings. The number of nitriles is 1. The second kappa shape index (κ2) is 4.96. The third-order valence-corrected chi connectivity index (χ3v) is 2.33. The van der Waals surface area contributed by atoms with Crippen molar-refractivity contribution in [1.82, 2.24) is 9.97 Å². The van der Waals surface area contributed by atoms with E-state index in [0.29, 0.717) is 16.7 Å². The SMILES string of the molecule is N#Cc1ccnc(SCCCl)n1. The maximum Gasteiger partial charge on any atom is 0.188 e. The first kappa shape index (κ1) is 9.30. The molecule has 0 bridgehead atoms. The van der Waals surface area contributed by atoms with Gasteiger partial charge in [0.2, 0.25) is 0 Å². The summed E-state index contributed by atoms with van der Waals surface area (Å²) in [6, 6.07) is 3.52. The highest BCUT2D eigenvalue weighted by atomic mass is 35.5. The molecular weight excluding hydrogens is 194 g/mol. The second-order valence-electron chi connectivity index (χ2n) is 1.87. The number of hydrogen-bond donors (Lipinski definition) is 0. The average Bonchev–Trinajstić information content (AvgIpc) is 2.15. The molecule has 0 aliphatic carbocycles. The lowest BCUT2D eigenvalue weighted by atomic mass is 10.5. The minimum atomic E-state index is 0.391. The van der Waals surface area contributed by atoms with Gasteiger partial charge in [-0.2, -0.15) is 5.26 Å². The summed E-state index contributed by atoms with van der Waals surface area (Å²) >= 11 is 6.93. The van der Waals surface area contributed by atoms with Gasteiger partial charge in [0.15, 0.2) is 5.16 Å². The van der Waals surface area contributed by atoms with Gasteiger partial charge in [-0.3, -0.25) is 0 Å². The smallest absolute Gasteiger partial charge is 0.188 e.